The predicted octanol–water partition coefficient (Wildman–Crippen LogP) is 2.67. The van der Waals surface area contributed by atoms with Crippen LogP contribution in [0.4, 0.5) is 0 Å². The van der Waals surface area contributed by atoms with Crippen LogP contribution in [0, 0.1) is 5.92 Å². The van der Waals surface area contributed by atoms with Gasteiger partial charge in [-0.15, -0.1) is 0 Å². The van der Waals surface area contributed by atoms with Gasteiger partial charge in [-0.05, 0) is 43.4 Å². The summed E-state index contributed by atoms with van der Waals surface area (Å²) in [7, 11) is 0. The lowest BCUT2D eigenvalue weighted by Crippen LogP contribution is -2.47. The van der Waals surface area contributed by atoms with E-state index >= 15 is 0 Å². The molecule has 0 atom stereocenters. The van der Waals surface area contributed by atoms with Gasteiger partial charge in [0.25, 0.3) is 0 Å². The second kappa shape index (κ2) is 3.86. The molecule has 0 spiro atoms. The molecule has 1 aliphatic carbocycles. The third-order valence-electron chi connectivity index (χ3n) is 3.17. The van der Waals surface area contributed by atoms with Crippen LogP contribution in [0.5, 0.6) is 5.75 Å². The molecule has 1 saturated carbocycles. The second-order valence-electron chi connectivity index (χ2n) is 4.63. The van der Waals surface area contributed by atoms with Gasteiger partial charge in [0.1, 0.15) is 5.75 Å². The maximum Gasteiger partial charge on any atom is 0.119 e. The number of ether oxygens (including phenoxy) is 1. The van der Waals surface area contributed by atoms with Gasteiger partial charge in [0.2, 0.25) is 0 Å². The molecule has 0 amide bonds. The van der Waals surface area contributed by atoms with Gasteiger partial charge < -0.3 is 10.5 Å². The first-order valence-electron chi connectivity index (χ1n) is 5.66. The Morgan fingerprint density at radius 3 is 2.40 bits per heavy atom. The Bertz CT molecular complexity index is 325. The molecular weight excluding hydrogens is 186 g/mol. The first-order valence-corrected chi connectivity index (χ1v) is 5.66. The Hall–Kier alpha value is -1.02. The highest BCUT2D eigenvalue weighted by atomic mass is 16.5. The minimum Gasteiger partial charge on any atom is -0.494 e. The third kappa shape index (κ3) is 2.00. The van der Waals surface area contributed by atoms with Gasteiger partial charge in [-0.3, -0.25) is 0 Å². The molecule has 0 aromatic heterocycles. The van der Waals surface area contributed by atoms with E-state index in [0.29, 0.717) is 6.61 Å². The Morgan fingerprint density at radius 1 is 1.33 bits per heavy atom. The molecule has 0 radical (unpaired) electrons. The maximum atomic E-state index is 6.30. The van der Waals surface area contributed by atoms with E-state index < -0.39 is 0 Å². The molecule has 1 fully saturated rings. The monoisotopic (exact) mass is 205 g/mol. The predicted molar refractivity (Wildman–Crippen MR) is 61.9 cm³/mol. The zero-order valence-electron chi connectivity index (χ0n) is 9.49. The fourth-order valence-corrected chi connectivity index (χ4v) is 2.47. The van der Waals surface area contributed by atoms with Crippen molar-refractivity contribution in [3.05, 3.63) is 29.8 Å². The summed E-state index contributed by atoms with van der Waals surface area (Å²) >= 11 is 0. The van der Waals surface area contributed by atoms with Gasteiger partial charge in [0, 0.05) is 5.54 Å². The van der Waals surface area contributed by atoms with Gasteiger partial charge in [-0.1, -0.05) is 19.1 Å². The fourth-order valence-electron chi connectivity index (χ4n) is 2.47. The third-order valence-corrected chi connectivity index (χ3v) is 3.17. The van der Waals surface area contributed by atoms with Crippen molar-refractivity contribution in [3.8, 4) is 5.75 Å². The largest absolute Gasteiger partial charge is 0.494 e. The van der Waals surface area contributed by atoms with E-state index in [0.717, 1.165) is 24.5 Å². The summed E-state index contributed by atoms with van der Waals surface area (Å²) < 4.78 is 5.41. The van der Waals surface area contributed by atoms with Crippen molar-refractivity contribution in [2.24, 2.45) is 11.7 Å². The summed E-state index contributed by atoms with van der Waals surface area (Å²) in [6, 6.07) is 8.21. The number of rotatable bonds is 3. The topological polar surface area (TPSA) is 35.2 Å². The molecule has 1 aliphatic rings. The van der Waals surface area contributed by atoms with Crippen LogP contribution >= 0.6 is 0 Å². The summed E-state index contributed by atoms with van der Waals surface area (Å²) in [5, 5.41) is 0. The quantitative estimate of drug-likeness (QED) is 0.823. The van der Waals surface area contributed by atoms with Gasteiger partial charge in [-0.25, -0.2) is 0 Å². The highest BCUT2D eigenvalue weighted by Crippen LogP contribution is 2.43. The van der Waals surface area contributed by atoms with E-state index in [1.54, 1.807) is 0 Å². The lowest BCUT2D eigenvalue weighted by atomic mass is 9.66. The van der Waals surface area contributed by atoms with Gasteiger partial charge in [0.05, 0.1) is 6.61 Å². The number of benzene rings is 1. The fraction of sp³-hybridized carbons (Fsp3) is 0.538. The average Bonchev–Trinajstić information content (AvgIpc) is 2.17. The molecule has 0 heterocycles. The zero-order valence-corrected chi connectivity index (χ0v) is 9.49. The van der Waals surface area contributed by atoms with Crippen molar-refractivity contribution < 1.29 is 4.74 Å². The first kappa shape index (κ1) is 10.5. The smallest absolute Gasteiger partial charge is 0.119 e. The number of hydrogen-bond donors (Lipinski definition) is 1. The van der Waals surface area contributed by atoms with E-state index in [-0.39, 0.29) is 5.54 Å². The summed E-state index contributed by atoms with van der Waals surface area (Å²) in [6.07, 6.45) is 2.20. The summed E-state index contributed by atoms with van der Waals surface area (Å²) in [6.45, 7) is 4.95. The standard InChI is InChI=1S/C13H19NO/c1-3-15-12-6-4-11(5-7-12)13(14)8-10(2)9-13/h4-7,10H,3,8-9,14H2,1-2H3. The molecule has 0 bridgehead atoms. The van der Waals surface area contributed by atoms with E-state index in [1.807, 2.05) is 19.1 Å². The number of hydrogen-bond acceptors (Lipinski definition) is 2. The van der Waals surface area contributed by atoms with Gasteiger partial charge >= 0.3 is 0 Å². The van der Waals surface area contributed by atoms with Crippen molar-refractivity contribution in [2.45, 2.75) is 32.2 Å². The van der Waals surface area contributed by atoms with Crippen LogP contribution in [0.1, 0.15) is 32.3 Å². The summed E-state index contributed by atoms with van der Waals surface area (Å²) in [4.78, 5) is 0. The molecule has 1 aromatic rings. The Labute approximate surface area is 91.4 Å². The van der Waals surface area contributed by atoms with Crippen molar-refractivity contribution in [1.82, 2.24) is 0 Å². The minimum atomic E-state index is -0.0792. The minimum absolute atomic E-state index is 0.0792. The van der Waals surface area contributed by atoms with E-state index in [2.05, 4.69) is 19.1 Å². The molecule has 0 saturated heterocycles. The van der Waals surface area contributed by atoms with Crippen molar-refractivity contribution in [3.63, 3.8) is 0 Å². The van der Waals surface area contributed by atoms with Gasteiger partial charge in [-0.2, -0.15) is 0 Å². The van der Waals surface area contributed by atoms with Gasteiger partial charge in [0.15, 0.2) is 0 Å². The van der Waals surface area contributed by atoms with Crippen LogP contribution in [0.2, 0.25) is 0 Å². The molecule has 2 rings (SSSR count). The molecule has 2 N–H and O–H groups in total. The first-order chi connectivity index (χ1) is 7.14. The Balaban J connectivity index is 2.10. The van der Waals surface area contributed by atoms with Crippen LogP contribution in [0.25, 0.3) is 0 Å². The molecule has 2 heteroatoms. The molecule has 82 valence electrons. The zero-order chi connectivity index (χ0) is 10.9. The highest BCUT2D eigenvalue weighted by molar-refractivity contribution is 5.33. The van der Waals surface area contributed by atoms with E-state index in [4.69, 9.17) is 10.5 Å². The molecule has 15 heavy (non-hydrogen) atoms. The van der Waals surface area contributed by atoms with Crippen LogP contribution in [0.3, 0.4) is 0 Å². The summed E-state index contributed by atoms with van der Waals surface area (Å²) in [5.74, 6) is 1.69. The van der Waals surface area contributed by atoms with Crippen molar-refractivity contribution in [1.29, 1.82) is 0 Å². The highest BCUT2D eigenvalue weighted by Gasteiger charge is 2.39. The van der Waals surface area contributed by atoms with Crippen LogP contribution in [-0.2, 0) is 5.54 Å². The van der Waals surface area contributed by atoms with E-state index in [9.17, 15) is 0 Å². The maximum absolute atomic E-state index is 6.30. The summed E-state index contributed by atoms with van der Waals surface area (Å²) in [5.41, 5.74) is 7.46. The Morgan fingerprint density at radius 2 is 1.93 bits per heavy atom. The lowest BCUT2D eigenvalue weighted by molar-refractivity contribution is 0.164. The molecule has 0 aliphatic heterocycles. The van der Waals surface area contributed by atoms with Crippen LogP contribution in [-0.4, -0.2) is 6.61 Å². The molecular formula is C13H19NO. The average molecular weight is 205 g/mol. The molecule has 2 nitrogen and oxygen atoms in total. The number of nitrogens with two attached hydrogens (primary N) is 1. The Kier molecular flexibility index (Phi) is 2.70. The second-order valence-corrected chi connectivity index (χ2v) is 4.63. The lowest BCUT2D eigenvalue weighted by Gasteiger charge is -2.44. The molecule has 1 aromatic carbocycles. The SMILES string of the molecule is CCOc1ccc(C2(N)CC(C)C2)cc1. The van der Waals surface area contributed by atoms with Crippen molar-refractivity contribution in [2.75, 3.05) is 6.61 Å². The van der Waals surface area contributed by atoms with Crippen molar-refractivity contribution >= 4 is 0 Å². The van der Waals surface area contributed by atoms with E-state index in [1.165, 1.54) is 5.56 Å². The van der Waals surface area contributed by atoms with Crippen LogP contribution < -0.4 is 10.5 Å². The van der Waals surface area contributed by atoms with Crippen LogP contribution in [0.15, 0.2) is 24.3 Å². The molecule has 0 unspecified atom stereocenters. The normalized spacial score (nSPS) is 29.7.